The van der Waals surface area contributed by atoms with E-state index in [0.717, 1.165) is 18.5 Å². The molecule has 0 saturated carbocycles. The smallest absolute Gasteiger partial charge is 0.0953 e. The molecule has 1 heterocycles. The zero-order valence-corrected chi connectivity index (χ0v) is 11.7. The standard InChI is InChI=1S/C15H19ClN2/c1-15(2,18-12-17-11-14(18)10-16)9-8-13-6-4-3-5-7-13/h3-7,11-12H,8-10H2,1-2H3. The van der Waals surface area contributed by atoms with Crippen molar-refractivity contribution in [2.45, 2.75) is 38.1 Å². The summed E-state index contributed by atoms with van der Waals surface area (Å²) in [6, 6.07) is 10.6. The first-order chi connectivity index (χ1) is 8.63. The highest BCUT2D eigenvalue weighted by Crippen LogP contribution is 2.24. The number of alkyl halides is 1. The Morgan fingerprint density at radius 3 is 2.61 bits per heavy atom. The molecule has 18 heavy (non-hydrogen) atoms. The number of benzene rings is 1. The van der Waals surface area contributed by atoms with Crippen molar-refractivity contribution < 1.29 is 0 Å². The minimum absolute atomic E-state index is 0.0383. The van der Waals surface area contributed by atoms with Gasteiger partial charge in [0.15, 0.2) is 0 Å². The summed E-state index contributed by atoms with van der Waals surface area (Å²) in [6.45, 7) is 4.46. The molecule has 1 aromatic heterocycles. The normalized spacial score (nSPS) is 11.7. The third-order valence-electron chi connectivity index (χ3n) is 3.37. The summed E-state index contributed by atoms with van der Waals surface area (Å²) in [5.41, 5.74) is 2.49. The van der Waals surface area contributed by atoms with Gasteiger partial charge in [-0.15, -0.1) is 11.6 Å². The number of halogens is 1. The van der Waals surface area contributed by atoms with Crippen LogP contribution < -0.4 is 0 Å². The Balaban J connectivity index is 2.08. The molecule has 3 heteroatoms. The largest absolute Gasteiger partial charge is 0.328 e. The second kappa shape index (κ2) is 5.57. The predicted octanol–water partition coefficient (Wildman–Crippen LogP) is 3.99. The fraction of sp³-hybridized carbons (Fsp3) is 0.400. The van der Waals surface area contributed by atoms with Gasteiger partial charge in [-0.2, -0.15) is 0 Å². The van der Waals surface area contributed by atoms with Crippen molar-refractivity contribution in [1.82, 2.24) is 9.55 Å². The monoisotopic (exact) mass is 262 g/mol. The van der Waals surface area contributed by atoms with E-state index in [2.05, 4.69) is 53.7 Å². The van der Waals surface area contributed by atoms with Gasteiger partial charge >= 0.3 is 0 Å². The van der Waals surface area contributed by atoms with Crippen LogP contribution >= 0.6 is 11.6 Å². The Bertz CT molecular complexity index is 488. The number of rotatable bonds is 5. The number of aryl methyl sites for hydroxylation is 1. The van der Waals surface area contributed by atoms with Crippen molar-refractivity contribution in [2.75, 3.05) is 0 Å². The molecule has 2 nitrogen and oxygen atoms in total. The molecule has 0 aliphatic rings. The van der Waals surface area contributed by atoms with E-state index >= 15 is 0 Å². The Morgan fingerprint density at radius 2 is 1.94 bits per heavy atom. The number of nitrogens with zero attached hydrogens (tertiary/aromatic N) is 2. The molecule has 0 atom stereocenters. The topological polar surface area (TPSA) is 17.8 Å². The molecule has 0 N–H and O–H groups in total. The lowest BCUT2D eigenvalue weighted by Crippen LogP contribution is -2.27. The first-order valence-corrected chi connectivity index (χ1v) is 6.78. The zero-order chi connectivity index (χ0) is 13.0. The van der Waals surface area contributed by atoms with Gasteiger partial charge < -0.3 is 4.57 Å². The minimum Gasteiger partial charge on any atom is -0.328 e. The van der Waals surface area contributed by atoms with E-state index in [1.807, 2.05) is 12.5 Å². The van der Waals surface area contributed by atoms with Crippen LogP contribution in [0.5, 0.6) is 0 Å². The van der Waals surface area contributed by atoms with Gasteiger partial charge in [0.05, 0.1) is 17.9 Å². The fourth-order valence-corrected chi connectivity index (χ4v) is 2.38. The molecular weight excluding hydrogens is 244 g/mol. The lowest BCUT2D eigenvalue weighted by Gasteiger charge is -2.28. The van der Waals surface area contributed by atoms with E-state index in [1.54, 1.807) is 0 Å². The van der Waals surface area contributed by atoms with Gasteiger partial charge in [0, 0.05) is 11.7 Å². The van der Waals surface area contributed by atoms with E-state index in [0.29, 0.717) is 5.88 Å². The van der Waals surface area contributed by atoms with Crippen molar-refractivity contribution in [3.8, 4) is 0 Å². The Hall–Kier alpha value is -1.28. The van der Waals surface area contributed by atoms with Crippen molar-refractivity contribution in [3.63, 3.8) is 0 Å². The van der Waals surface area contributed by atoms with Crippen LogP contribution in [-0.2, 0) is 17.8 Å². The Morgan fingerprint density at radius 1 is 1.22 bits per heavy atom. The number of hydrogen-bond acceptors (Lipinski definition) is 1. The van der Waals surface area contributed by atoms with Crippen LogP contribution in [-0.4, -0.2) is 9.55 Å². The van der Waals surface area contributed by atoms with Gasteiger partial charge in [0.1, 0.15) is 0 Å². The van der Waals surface area contributed by atoms with Crippen LogP contribution in [0.15, 0.2) is 42.9 Å². The van der Waals surface area contributed by atoms with Crippen molar-refractivity contribution in [1.29, 1.82) is 0 Å². The van der Waals surface area contributed by atoms with E-state index in [4.69, 9.17) is 11.6 Å². The van der Waals surface area contributed by atoms with Gasteiger partial charge in [0.2, 0.25) is 0 Å². The second-order valence-electron chi connectivity index (χ2n) is 5.19. The average molecular weight is 263 g/mol. The summed E-state index contributed by atoms with van der Waals surface area (Å²) >= 11 is 5.94. The average Bonchev–Trinajstić information content (AvgIpc) is 2.87. The second-order valence-corrected chi connectivity index (χ2v) is 5.45. The molecule has 0 fully saturated rings. The van der Waals surface area contributed by atoms with Gasteiger partial charge in [-0.1, -0.05) is 30.3 Å². The van der Waals surface area contributed by atoms with E-state index in [1.165, 1.54) is 5.56 Å². The molecule has 2 rings (SSSR count). The zero-order valence-electron chi connectivity index (χ0n) is 10.9. The highest BCUT2D eigenvalue weighted by Gasteiger charge is 2.21. The quantitative estimate of drug-likeness (QED) is 0.745. The lowest BCUT2D eigenvalue weighted by atomic mass is 9.95. The predicted molar refractivity (Wildman–Crippen MR) is 75.9 cm³/mol. The highest BCUT2D eigenvalue weighted by atomic mass is 35.5. The van der Waals surface area contributed by atoms with Gasteiger partial charge in [-0.3, -0.25) is 0 Å². The maximum atomic E-state index is 5.94. The van der Waals surface area contributed by atoms with Crippen LogP contribution in [0.3, 0.4) is 0 Å². The van der Waals surface area contributed by atoms with Crippen molar-refractivity contribution in [2.24, 2.45) is 0 Å². The Kier molecular flexibility index (Phi) is 4.07. The van der Waals surface area contributed by atoms with Gasteiger partial charge in [-0.25, -0.2) is 4.98 Å². The molecule has 0 aliphatic heterocycles. The summed E-state index contributed by atoms with van der Waals surface area (Å²) in [5.74, 6) is 0.509. The van der Waals surface area contributed by atoms with Crippen molar-refractivity contribution in [3.05, 3.63) is 54.1 Å². The molecule has 0 saturated heterocycles. The van der Waals surface area contributed by atoms with E-state index in [-0.39, 0.29) is 5.54 Å². The summed E-state index contributed by atoms with van der Waals surface area (Å²) in [7, 11) is 0. The molecular formula is C15H19ClN2. The first kappa shape index (κ1) is 13.2. The molecule has 0 bridgehead atoms. The maximum absolute atomic E-state index is 5.94. The molecule has 0 spiro atoms. The molecule has 1 aromatic carbocycles. The van der Waals surface area contributed by atoms with Crippen LogP contribution in [0.2, 0.25) is 0 Å². The van der Waals surface area contributed by atoms with Crippen LogP contribution in [0.25, 0.3) is 0 Å². The third-order valence-corrected chi connectivity index (χ3v) is 3.65. The van der Waals surface area contributed by atoms with Crippen LogP contribution in [0.1, 0.15) is 31.5 Å². The Labute approximate surface area is 114 Å². The molecule has 96 valence electrons. The van der Waals surface area contributed by atoms with Crippen molar-refractivity contribution >= 4 is 11.6 Å². The number of hydrogen-bond donors (Lipinski definition) is 0. The summed E-state index contributed by atoms with van der Waals surface area (Å²) in [6.07, 6.45) is 5.85. The first-order valence-electron chi connectivity index (χ1n) is 6.25. The summed E-state index contributed by atoms with van der Waals surface area (Å²) < 4.78 is 2.18. The number of aromatic nitrogens is 2. The molecule has 0 aliphatic carbocycles. The maximum Gasteiger partial charge on any atom is 0.0953 e. The SMILES string of the molecule is CC(C)(CCc1ccccc1)n1cncc1CCl. The van der Waals surface area contributed by atoms with Gasteiger partial charge in [-0.05, 0) is 32.3 Å². The van der Waals surface area contributed by atoms with Crippen LogP contribution in [0.4, 0.5) is 0 Å². The molecule has 2 aromatic rings. The summed E-state index contributed by atoms with van der Waals surface area (Å²) in [4.78, 5) is 4.19. The molecule has 0 radical (unpaired) electrons. The van der Waals surface area contributed by atoms with Gasteiger partial charge in [0.25, 0.3) is 0 Å². The van der Waals surface area contributed by atoms with E-state index in [9.17, 15) is 0 Å². The third kappa shape index (κ3) is 2.94. The fourth-order valence-electron chi connectivity index (χ4n) is 2.18. The van der Waals surface area contributed by atoms with Crippen LogP contribution in [0, 0.1) is 0 Å². The minimum atomic E-state index is 0.0383. The summed E-state index contributed by atoms with van der Waals surface area (Å²) in [5, 5.41) is 0. The molecule has 0 unspecified atom stereocenters. The molecule has 0 amide bonds. The number of imidazole rings is 1. The van der Waals surface area contributed by atoms with E-state index < -0.39 is 0 Å². The lowest BCUT2D eigenvalue weighted by molar-refractivity contribution is 0.321. The highest BCUT2D eigenvalue weighted by molar-refractivity contribution is 6.16.